The summed E-state index contributed by atoms with van der Waals surface area (Å²) in [7, 11) is 0. The van der Waals surface area contributed by atoms with Crippen LogP contribution in [0.4, 0.5) is 31.1 Å². The number of hydrogen-bond acceptors (Lipinski definition) is 4. The Bertz CT molecular complexity index is 1170. The topological polar surface area (TPSA) is 72.0 Å². The van der Waals surface area contributed by atoms with Crippen molar-refractivity contribution in [3.8, 4) is 5.75 Å². The van der Waals surface area contributed by atoms with Crippen LogP contribution in [0.5, 0.6) is 5.75 Å². The molecule has 2 aromatic rings. The maximum Gasteiger partial charge on any atom is 0.461 e. The van der Waals surface area contributed by atoms with Gasteiger partial charge in [-0.3, -0.25) is 0 Å². The first-order valence-electron chi connectivity index (χ1n) is 12.2. The summed E-state index contributed by atoms with van der Waals surface area (Å²) >= 11 is 0. The number of ether oxygens (including phenoxy) is 1. The average Bonchev–Trinajstić information content (AvgIpc) is 3.49. The number of hydrogen-bond donors (Lipinski definition) is 2. The van der Waals surface area contributed by atoms with E-state index in [2.05, 4.69) is 20.5 Å². The predicted octanol–water partition coefficient (Wildman–Crippen LogP) is 6.24. The molecule has 38 heavy (non-hydrogen) atoms. The first-order chi connectivity index (χ1) is 18.0. The zero-order chi connectivity index (χ0) is 27.5. The lowest BCUT2D eigenvalue weighted by Gasteiger charge is -2.38. The van der Waals surface area contributed by atoms with Gasteiger partial charge in [-0.05, 0) is 55.2 Å². The van der Waals surface area contributed by atoms with E-state index < -0.39 is 47.6 Å². The number of nitrogens with one attached hydrogen (secondary N) is 2. The number of urea groups is 1. The maximum absolute atomic E-state index is 14.8. The van der Waals surface area contributed by atoms with Crippen LogP contribution in [-0.2, 0) is 10.4 Å². The number of carbonyl (C=O) groups excluding carboxylic acids is 1. The van der Waals surface area contributed by atoms with Crippen LogP contribution in [0.1, 0.15) is 56.6 Å². The van der Waals surface area contributed by atoms with E-state index in [0.29, 0.717) is 18.2 Å². The number of nitrogens with zero attached hydrogens (tertiary/aromatic N) is 1. The highest BCUT2D eigenvalue weighted by Crippen LogP contribution is 2.40. The number of halogens is 6. The highest BCUT2D eigenvalue weighted by molar-refractivity contribution is 5.83. The zero-order valence-electron chi connectivity index (χ0n) is 20.5. The van der Waals surface area contributed by atoms with Gasteiger partial charge in [-0.15, -0.1) is 0 Å². The fourth-order valence-corrected chi connectivity index (χ4v) is 4.91. The number of carbonyl (C=O) groups is 1. The molecule has 0 radical (unpaired) electrons. The molecule has 1 heterocycles. The zero-order valence-corrected chi connectivity index (χ0v) is 20.5. The van der Waals surface area contributed by atoms with Crippen LogP contribution >= 0.6 is 0 Å². The van der Waals surface area contributed by atoms with Gasteiger partial charge in [0.15, 0.2) is 0 Å². The number of alkyl halides is 4. The van der Waals surface area contributed by atoms with Crippen LogP contribution in [0.3, 0.4) is 0 Å². The Hall–Kier alpha value is -3.44. The van der Waals surface area contributed by atoms with Crippen LogP contribution in [0, 0.1) is 11.6 Å². The number of rotatable bonds is 9. The first kappa shape index (κ1) is 27.6. The van der Waals surface area contributed by atoms with Crippen LogP contribution in [0.15, 0.2) is 47.6 Å². The van der Waals surface area contributed by atoms with E-state index in [4.69, 9.17) is 4.84 Å². The van der Waals surface area contributed by atoms with Gasteiger partial charge in [0.1, 0.15) is 23.5 Å². The SMILES string of the molecule is CC1=NOC(C[C@@](NC(=O)NC2CCCC2)(c2ccc(F)cc2)c2cc(F)cc(OC(F)(F)C(F)F)c2)C1. The molecule has 2 atom stereocenters. The molecule has 6 nitrogen and oxygen atoms in total. The van der Waals surface area contributed by atoms with E-state index >= 15 is 0 Å². The van der Waals surface area contributed by atoms with Crippen LogP contribution < -0.4 is 15.4 Å². The van der Waals surface area contributed by atoms with Gasteiger partial charge in [-0.1, -0.05) is 30.1 Å². The first-order valence-corrected chi connectivity index (χ1v) is 12.2. The standard InChI is InChI=1S/C26H27F6N3O3/c1-15-10-22(38-35-15)14-25(16-6-8-18(27)9-7-16,34-24(36)33-20-4-2-3-5-20)17-11-19(28)13-21(12-17)37-26(31,32)23(29)30/h6-9,11-13,20,22-23H,2-5,10,14H2,1H3,(H2,33,34,36)/t22?,25-/m1/s1. The molecule has 2 aromatic carbocycles. The van der Waals surface area contributed by atoms with Crippen molar-refractivity contribution >= 4 is 11.7 Å². The Morgan fingerprint density at radius 2 is 1.76 bits per heavy atom. The molecule has 4 rings (SSSR count). The van der Waals surface area contributed by atoms with Crippen LogP contribution in [0.25, 0.3) is 0 Å². The second-order valence-electron chi connectivity index (χ2n) is 9.59. The molecule has 0 saturated heterocycles. The van der Waals surface area contributed by atoms with Gasteiger partial charge in [-0.2, -0.15) is 17.6 Å². The van der Waals surface area contributed by atoms with Crippen LogP contribution in [-0.4, -0.2) is 36.4 Å². The lowest BCUT2D eigenvalue weighted by Crippen LogP contribution is -2.54. The van der Waals surface area contributed by atoms with Crippen molar-refractivity contribution in [1.82, 2.24) is 10.6 Å². The largest absolute Gasteiger partial charge is 0.461 e. The summed E-state index contributed by atoms with van der Waals surface area (Å²) in [5.74, 6) is -2.55. The smallest absolute Gasteiger partial charge is 0.428 e. The molecule has 2 N–H and O–H groups in total. The Labute approximate surface area is 215 Å². The van der Waals surface area contributed by atoms with Crippen molar-refractivity contribution in [1.29, 1.82) is 0 Å². The lowest BCUT2D eigenvalue weighted by atomic mass is 9.77. The van der Waals surface area contributed by atoms with E-state index in [1.54, 1.807) is 6.92 Å². The Kier molecular flexibility index (Phi) is 8.08. The van der Waals surface area contributed by atoms with Gasteiger partial charge in [0.05, 0.1) is 11.3 Å². The van der Waals surface area contributed by atoms with Crippen molar-refractivity contribution in [3.63, 3.8) is 0 Å². The normalized spacial score (nSPS) is 19.6. The summed E-state index contributed by atoms with van der Waals surface area (Å²) in [6, 6.07) is 6.66. The molecule has 2 aliphatic rings. The van der Waals surface area contributed by atoms with E-state index in [1.165, 1.54) is 12.1 Å². The molecular weight excluding hydrogens is 516 g/mol. The van der Waals surface area contributed by atoms with E-state index in [-0.39, 0.29) is 23.6 Å². The van der Waals surface area contributed by atoms with Crippen molar-refractivity contribution in [3.05, 3.63) is 65.2 Å². The highest BCUT2D eigenvalue weighted by Gasteiger charge is 2.45. The molecule has 12 heteroatoms. The minimum Gasteiger partial charge on any atom is -0.428 e. The fourth-order valence-electron chi connectivity index (χ4n) is 4.91. The number of amides is 2. The molecule has 0 aromatic heterocycles. The molecule has 0 bridgehead atoms. The second kappa shape index (κ2) is 11.1. The van der Waals surface area contributed by atoms with E-state index in [1.807, 2.05) is 0 Å². The quantitative estimate of drug-likeness (QED) is 0.368. The van der Waals surface area contributed by atoms with Crippen molar-refractivity contribution in [2.75, 3.05) is 0 Å². The Morgan fingerprint density at radius 3 is 2.37 bits per heavy atom. The van der Waals surface area contributed by atoms with E-state index in [0.717, 1.165) is 49.9 Å². The average molecular weight is 544 g/mol. The summed E-state index contributed by atoms with van der Waals surface area (Å²) in [5, 5.41) is 9.61. The third-order valence-corrected chi connectivity index (χ3v) is 6.64. The van der Waals surface area contributed by atoms with E-state index in [9.17, 15) is 31.1 Å². The summed E-state index contributed by atoms with van der Waals surface area (Å²) in [5.41, 5.74) is -0.857. The minimum atomic E-state index is -4.89. The molecule has 1 fully saturated rings. The molecule has 1 aliphatic heterocycles. The summed E-state index contributed by atoms with van der Waals surface area (Å²) in [4.78, 5) is 18.7. The molecule has 1 aliphatic carbocycles. The molecule has 0 spiro atoms. The summed E-state index contributed by atoms with van der Waals surface area (Å²) < 4.78 is 85.9. The van der Waals surface area contributed by atoms with Gasteiger partial charge in [-0.25, -0.2) is 13.6 Å². The van der Waals surface area contributed by atoms with Crippen molar-refractivity contribution in [2.24, 2.45) is 5.16 Å². The highest BCUT2D eigenvalue weighted by atomic mass is 19.3. The number of oxime groups is 1. The van der Waals surface area contributed by atoms with Crippen LogP contribution in [0.2, 0.25) is 0 Å². The monoisotopic (exact) mass is 543 g/mol. The lowest BCUT2D eigenvalue weighted by molar-refractivity contribution is -0.253. The Morgan fingerprint density at radius 1 is 1.08 bits per heavy atom. The molecule has 2 amide bonds. The van der Waals surface area contributed by atoms with Gasteiger partial charge in [0.25, 0.3) is 0 Å². The number of benzene rings is 2. The van der Waals surface area contributed by atoms with Crippen molar-refractivity contribution < 1.29 is 40.7 Å². The minimum absolute atomic E-state index is 0.0777. The molecule has 1 saturated carbocycles. The summed E-state index contributed by atoms with van der Waals surface area (Å²) in [6.07, 6.45) is -6.04. The summed E-state index contributed by atoms with van der Waals surface area (Å²) in [6.45, 7) is 1.72. The van der Waals surface area contributed by atoms with Crippen molar-refractivity contribution in [2.45, 2.75) is 75.7 Å². The Balaban J connectivity index is 1.81. The predicted molar refractivity (Wildman–Crippen MR) is 126 cm³/mol. The van der Waals surface area contributed by atoms with Gasteiger partial charge >= 0.3 is 18.6 Å². The third kappa shape index (κ3) is 6.33. The maximum atomic E-state index is 14.8. The van der Waals surface area contributed by atoms with Gasteiger partial charge < -0.3 is 20.2 Å². The second-order valence-corrected chi connectivity index (χ2v) is 9.59. The third-order valence-electron chi connectivity index (χ3n) is 6.64. The van der Waals surface area contributed by atoms with Gasteiger partial charge in [0.2, 0.25) is 0 Å². The van der Waals surface area contributed by atoms with Gasteiger partial charge in [0, 0.05) is 24.9 Å². The molecular formula is C26H27F6N3O3. The fraction of sp³-hybridized carbons (Fsp3) is 0.462. The molecule has 1 unspecified atom stereocenters. The molecule has 206 valence electrons.